The van der Waals surface area contributed by atoms with Gasteiger partial charge in [0.2, 0.25) is 5.91 Å². The number of benzene rings is 1. The number of likely N-dealkylation sites (N-methyl/N-ethyl adjacent to an activating group) is 1. The van der Waals surface area contributed by atoms with Crippen LogP contribution in [-0.4, -0.2) is 77.6 Å². The minimum absolute atomic E-state index is 0.180. The number of anilines is 1. The minimum atomic E-state index is -0.545. The Bertz CT molecular complexity index is 1410. The average molecular weight is 563 g/mol. The minimum Gasteiger partial charge on any atom is -0.462 e. The number of rotatable bonds is 6. The molecule has 3 heterocycles. The van der Waals surface area contributed by atoms with Crippen LogP contribution in [0.25, 0.3) is 0 Å². The molecule has 6 rings (SSSR count). The van der Waals surface area contributed by atoms with Crippen molar-refractivity contribution in [2.45, 2.75) is 68.9 Å². The Morgan fingerprint density at radius 3 is 2.73 bits per heavy atom. The molecule has 3 atom stereocenters. The van der Waals surface area contributed by atoms with Gasteiger partial charge in [-0.15, -0.1) is 0 Å². The van der Waals surface area contributed by atoms with E-state index in [1.165, 1.54) is 12.1 Å². The van der Waals surface area contributed by atoms with E-state index in [0.29, 0.717) is 63.1 Å². The van der Waals surface area contributed by atoms with Crippen LogP contribution in [0.2, 0.25) is 0 Å². The maximum absolute atomic E-state index is 14.7. The van der Waals surface area contributed by atoms with Gasteiger partial charge < -0.3 is 19.4 Å². The van der Waals surface area contributed by atoms with Crippen LogP contribution in [-0.2, 0) is 29.5 Å². The maximum atomic E-state index is 14.7. The molecule has 1 aromatic carbocycles. The van der Waals surface area contributed by atoms with E-state index >= 15 is 0 Å². The van der Waals surface area contributed by atoms with Crippen molar-refractivity contribution < 1.29 is 18.3 Å². The highest BCUT2D eigenvalue weighted by atomic mass is 19.1. The second-order valence-electron chi connectivity index (χ2n) is 11.9. The molecule has 0 saturated carbocycles. The van der Waals surface area contributed by atoms with Crippen molar-refractivity contribution in [2.24, 2.45) is 0 Å². The molecule has 0 N–H and O–H groups in total. The normalized spacial score (nSPS) is 25.6. The first-order valence-electron chi connectivity index (χ1n) is 14.6. The van der Waals surface area contributed by atoms with Crippen LogP contribution in [0.3, 0.4) is 0 Å². The molecule has 216 valence electrons. The number of aromatic nitrogens is 2. The molecule has 10 heteroatoms. The topological polar surface area (TPSA) is 85.6 Å². The summed E-state index contributed by atoms with van der Waals surface area (Å²) in [5.74, 6) is -0.416. The summed E-state index contributed by atoms with van der Waals surface area (Å²) in [5, 5.41) is 9.48. The second-order valence-corrected chi connectivity index (χ2v) is 11.9. The number of piperazine rings is 1. The summed E-state index contributed by atoms with van der Waals surface area (Å²) in [7, 11) is 2.10. The molecule has 0 bridgehead atoms. The van der Waals surface area contributed by atoms with E-state index in [9.17, 15) is 18.8 Å². The van der Waals surface area contributed by atoms with Crippen LogP contribution in [0, 0.1) is 23.0 Å². The van der Waals surface area contributed by atoms with Gasteiger partial charge in [-0.05, 0) is 81.8 Å². The quantitative estimate of drug-likeness (QED) is 0.496. The van der Waals surface area contributed by atoms with Gasteiger partial charge in [0, 0.05) is 42.7 Å². The highest BCUT2D eigenvalue weighted by molar-refractivity contribution is 5.87. The number of fused-ring (bicyclic) bond motifs is 3. The summed E-state index contributed by atoms with van der Waals surface area (Å²) in [4.78, 5) is 28.5. The molecule has 8 nitrogen and oxygen atoms in total. The molecule has 2 fully saturated rings. The summed E-state index contributed by atoms with van der Waals surface area (Å²) in [5.41, 5.74) is 2.88. The number of hydrogen-bond acceptors (Lipinski definition) is 7. The lowest BCUT2D eigenvalue weighted by Crippen LogP contribution is -2.55. The predicted molar refractivity (Wildman–Crippen MR) is 150 cm³/mol. The van der Waals surface area contributed by atoms with Gasteiger partial charge >= 0.3 is 6.01 Å². The first-order valence-corrected chi connectivity index (χ1v) is 14.6. The van der Waals surface area contributed by atoms with Crippen molar-refractivity contribution in [3.8, 4) is 12.1 Å². The fourth-order valence-corrected chi connectivity index (χ4v) is 7.37. The zero-order chi connectivity index (χ0) is 28.7. The third kappa shape index (κ3) is 5.05. The summed E-state index contributed by atoms with van der Waals surface area (Å²) in [6, 6.07) is 5.03. The van der Waals surface area contributed by atoms with Crippen LogP contribution >= 0.6 is 0 Å². The molecule has 2 aliphatic heterocycles. The number of halogens is 2. The molecule has 1 aromatic heterocycles. The Balaban J connectivity index is 1.35. The first kappa shape index (κ1) is 27.6. The SMILES string of the molecule is C=CC(=O)N1CCN(c2nc(OC[C@@H]3CCCN3C)nc3c2CCC2(CCc4c(F)cc(F)cc42)C3)C[C@@H]1CC#N. The molecule has 0 radical (unpaired) electrons. The second kappa shape index (κ2) is 11.0. The summed E-state index contributed by atoms with van der Waals surface area (Å²) < 4.78 is 35.3. The Kier molecular flexibility index (Phi) is 7.41. The number of likely N-dealkylation sites (tertiary alicyclic amines) is 1. The lowest BCUT2D eigenvalue weighted by molar-refractivity contribution is -0.128. The number of hydrogen-bond donors (Lipinski definition) is 0. The smallest absolute Gasteiger partial charge is 0.318 e. The maximum Gasteiger partial charge on any atom is 0.318 e. The van der Waals surface area contributed by atoms with Gasteiger partial charge in [0.1, 0.15) is 24.1 Å². The molecule has 41 heavy (non-hydrogen) atoms. The Labute approximate surface area is 239 Å². The monoisotopic (exact) mass is 562 g/mol. The summed E-state index contributed by atoms with van der Waals surface area (Å²) in [6.45, 7) is 6.61. The van der Waals surface area contributed by atoms with Crippen molar-refractivity contribution in [2.75, 3.05) is 44.7 Å². The summed E-state index contributed by atoms with van der Waals surface area (Å²) in [6.07, 6.45) is 6.99. The molecule has 4 aliphatic rings. The molecule has 1 spiro atoms. The highest BCUT2D eigenvalue weighted by Gasteiger charge is 2.45. The number of nitriles is 1. The molecule has 2 saturated heterocycles. The fraction of sp³-hybridized carbons (Fsp3) is 0.548. The van der Waals surface area contributed by atoms with E-state index in [0.717, 1.165) is 60.9 Å². The average Bonchev–Trinajstić information content (AvgIpc) is 3.54. The molecular formula is C31H36F2N6O2. The first-order chi connectivity index (χ1) is 19.8. The van der Waals surface area contributed by atoms with Crippen LogP contribution in [0.1, 0.15) is 54.5 Å². The van der Waals surface area contributed by atoms with Gasteiger partial charge in [-0.25, -0.2) is 8.78 Å². The predicted octanol–water partition coefficient (Wildman–Crippen LogP) is 3.72. The Morgan fingerprint density at radius 1 is 1.20 bits per heavy atom. The van der Waals surface area contributed by atoms with Crippen molar-refractivity contribution >= 4 is 11.7 Å². The summed E-state index contributed by atoms with van der Waals surface area (Å²) >= 11 is 0. The van der Waals surface area contributed by atoms with Crippen LogP contribution < -0.4 is 9.64 Å². The number of amides is 1. The number of carbonyl (C=O) groups is 1. The standard InChI is InChI=1S/C31H36F2N6O2/c1-3-28(40)39-14-13-38(18-21(39)8-11-34)29-24-7-10-31(9-6-23-25(31)15-20(32)16-26(23)33)17-27(24)35-30(36-29)41-19-22-5-4-12-37(22)2/h3,15-16,21-22H,1,4-10,12-14,17-19H2,2H3/t21-,22-,31?/m0/s1. The van der Waals surface area contributed by atoms with Gasteiger partial charge in [0.25, 0.3) is 0 Å². The molecule has 1 unspecified atom stereocenters. The van der Waals surface area contributed by atoms with E-state index in [4.69, 9.17) is 14.7 Å². The van der Waals surface area contributed by atoms with E-state index in [2.05, 4.69) is 29.5 Å². The van der Waals surface area contributed by atoms with E-state index in [1.807, 2.05) is 0 Å². The lowest BCUT2D eigenvalue weighted by Gasteiger charge is -2.42. The number of ether oxygens (including phenoxy) is 1. The molecule has 2 aliphatic carbocycles. The van der Waals surface area contributed by atoms with Gasteiger partial charge in [-0.1, -0.05) is 6.58 Å². The van der Waals surface area contributed by atoms with E-state index in [-0.39, 0.29) is 23.8 Å². The van der Waals surface area contributed by atoms with Gasteiger partial charge in [-0.2, -0.15) is 15.2 Å². The van der Waals surface area contributed by atoms with Crippen LogP contribution in [0.5, 0.6) is 6.01 Å². The molecule has 2 aromatic rings. The zero-order valence-electron chi connectivity index (χ0n) is 23.5. The fourth-order valence-electron chi connectivity index (χ4n) is 7.37. The Morgan fingerprint density at radius 2 is 2.00 bits per heavy atom. The van der Waals surface area contributed by atoms with E-state index < -0.39 is 11.6 Å². The van der Waals surface area contributed by atoms with Gasteiger partial charge in [0.05, 0.1) is 24.2 Å². The van der Waals surface area contributed by atoms with E-state index in [1.54, 1.807) is 4.90 Å². The third-order valence-electron chi connectivity index (χ3n) is 9.64. The number of nitrogens with zero attached hydrogens (tertiary/aromatic N) is 6. The van der Waals surface area contributed by atoms with Gasteiger partial charge in [0.15, 0.2) is 0 Å². The Hall–Kier alpha value is -3.58. The number of carbonyl (C=O) groups excluding carboxylic acids is 1. The largest absolute Gasteiger partial charge is 0.462 e. The highest BCUT2D eigenvalue weighted by Crippen LogP contribution is 2.49. The van der Waals surface area contributed by atoms with Crippen LogP contribution in [0.15, 0.2) is 24.8 Å². The van der Waals surface area contributed by atoms with Crippen molar-refractivity contribution in [3.05, 3.63) is 58.8 Å². The van der Waals surface area contributed by atoms with Crippen molar-refractivity contribution in [3.63, 3.8) is 0 Å². The molecule has 1 amide bonds. The van der Waals surface area contributed by atoms with Crippen molar-refractivity contribution in [1.82, 2.24) is 19.8 Å². The third-order valence-corrected chi connectivity index (χ3v) is 9.64. The van der Waals surface area contributed by atoms with Crippen LogP contribution in [0.4, 0.5) is 14.6 Å². The zero-order valence-corrected chi connectivity index (χ0v) is 23.5. The van der Waals surface area contributed by atoms with Crippen molar-refractivity contribution in [1.29, 1.82) is 5.26 Å². The molecular weight excluding hydrogens is 526 g/mol. The lowest BCUT2D eigenvalue weighted by atomic mass is 9.69. The van der Waals surface area contributed by atoms with Gasteiger partial charge in [-0.3, -0.25) is 4.79 Å².